The van der Waals surface area contributed by atoms with Gasteiger partial charge in [0, 0.05) is 5.57 Å². The fourth-order valence-corrected chi connectivity index (χ4v) is 1.79. The number of carbonyl (C=O) groups excluding carboxylic acids is 2. The molecular weight excluding hydrogens is 256 g/mol. The minimum absolute atomic E-state index is 0.0581. The summed E-state index contributed by atoms with van der Waals surface area (Å²) in [5.41, 5.74) is 1.14. The van der Waals surface area contributed by atoms with E-state index in [0.29, 0.717) is 17.6 Å². The second-order valence-electron chi connectivity index (χ2n) is 4.30. The third-order valence-corrected chi connectivity index (χ3v) is 2.84. The zero-order valence-electron chi connectivity index (χ0n) is 11.1. The first-order valence-electron chi connectivity index (χ1n) is 6.52. The largest absolute Gasteiger partial charge is 0.459 e. The molecule has 1 aromatic rings. The van der Waals surface area contributed by atoms with Crippen LogP contribution in [0.25, 0.3) is 0 Å². The Morgan fingerprint density at radius 2 is 1.70 bits per heavy atom. The predicted octanol–water partition coefficient (Wildman–Crippen LogP) is 2.66. The third-order valence-electron chi connectivity index (χ3n) is 2.84. The molecule has 20 heavy (non-hydrogen) atoms. The van der Waals surface area contributed by atoms with E-state index in [0.717, 1.165) is 6.42 Å². The SMILES string of the molecule is O=C(OCCOC(=O)c1ccccc1)C1=CC=CCC1. The fourth-order valence-electron chi connectivity index (χ4n) is 1.79. The van der Waals surface area contributed by atoms with Crippen molar-refractivity contribution < 1.29 is 19.1 Å². The van der Waals surface area contributed by atoms with Crippen molar-refractivity contribution in [1.29, 1.82) is 0 Å². The number of hydrogen-bond donors (Lipinski definition) is 0. The van der Waals surface area contributed by atoms with Crippen molar-refractivity contribution in [2.75, 3.05) is 13.2 Å². The second kappa shape index (κ2) is 7.28. The van der Waals surface area contributed by atoms with Crippen molar-refractivity contribution in [2.45, 2.75) is 12.8 Å². The van der Waals surface area contributed by atoms with E-state index in [1.54, 1.807) is 30.3 Å². The molecule has 0 radical (unpaired) electrons. The second-order valence-corrected chi connectivity index (χ2v) is 4.30. The average molecular weight is 272 g/mol. The van der Waals surface area contributed by atoms with Gasteiger partial charge in [-0.1, -0.05) is 36.4 Å². The van der Waals surface area contributed by atoms with Crippen LogP contribution in [0.4, 0.5) is 0 Å². The van der Waals surface area contributed by atoms with Gasteiger partial charge in [0.25, 0.3) is 0 Å². The number of hydrogen-bond acceptors (Lipinski definition) is 4. The Bertz CT molecular complexity index is 529. The first kappa shape index (κ1) is 14.1. The molecule has 0 spiro atoms. The molecule has 104 valence electrons. The Labute approximate surface area is 117 Å². The maximum atomic E-state index is 11.6. The van der Waals surface area contributed by atoms with Crippen LogP contribution in [0, 0.1) is 0 Å². The molecule has 1 aliphatic carbocycles. The summed E-state index contributed by atoms with van der Waals surface area (Å²) < 4.78 is 10.1. The molecule has 1 aromatic carbocycles. The molecule has 0 atom stereocenters. The molecule has 0 bridgehead atoms. The van der Waals surface area contributed by atoms with Crippen molar-refractivity contribution in [2.24, 2.45) is 0 Å². The van der Waals surface area contributed by atoms with E-state index in [1.165, 1.54) is 0 Å². The molecule has 2 rings (SSSR count). The number of rotatable bonds is 5. The smallest absolute Gasteiger partial charge is 0.338 e. The zero-order valence-corrected chi connectivity index (χ0v) is 11.1. The lowest BCUT2D eigenvalue weighted by molar-refractivity contribution is -0.140. The third kappa shape index (κ3) is 4.09. The van der Waals surface area contributed by atoms with Crippen LogP contribution in [0.3, 0.4) is 0 Å². The van der Waals surface area contributed by atoms with E-state index in [2.05, 4.69) is 0 Å². The summed E-state index contributed by atoms with van der Waals surface area (Å²) in [5.74, 6) is -0.758. The van der Waals surface area contributed by atoms with Crippen LogP contribution in [-0.4, -0.2) is 25.2 Å². The highest BCUT2D eigenvalue weighted by Gasteiger charge is 2.12. The zero-order chi connectivity index (χ0) is 14.2. The lowest BCUT2D eigenvalue weighted by atomic mass is 10.1. The fraction of sp³-hybridized carbons (Fsp3) is 0.250. The highest BCUT2D eigenvalue weighted by molar-refractivity contribution is 5.90. The Hall–Kier alpha value is -2.36. The van der Waals surface area contributed by atoms with Crippen LogP contribution < -0.4 is 0 Å². The predicted molar refractivity (Wildman–Crippen MR) is 74.1 cm³/mol. The summed E-state index contributed by atoms with van der Waals surface area (Å²) >= 11 is 0. The van der Waals surface area contributed by atoms with Gasteiger partial charge in [-0.15, -0.1) is 0 Å². The van der Waals surface area contributed by atoms with Crippen molar-refractivity contribution in [3.8, 4) is 0 Å². The summed E-state index contributed by atoms with van der Waals surface area (Å²) in [5, 5.41) is 0. The van der Waals surface area contributed by atoms with E-state index in [4.69, 9.17) is 9.47 Å². The number of carbonyl (C=O) groups is 2. The summed E-state index contributed by atoms with van der Waals surface area (Å²) in [6, 6.07) is 8.70. The van der Waals surface area contributed by atoms with Crippen molar-refractivity contribution >= 4 is 11.9 Å². The Kier molecular flexibility index (Phi) is 5.12. The highest BCUT2D eigenvalue weighted by Crippen LogP contribution is 2.13. The van der Waals surface area contributed by atoms with Gasteiger partial charge in [-0.25, -0.2) is 9.59 Å². The van der Waals surface area contributed by atoms with E-state index in [1.807, 2.05) is 18.2 Å². The number of ether oxygens (including phenoxy) is 2. The molecule has 0 unspecified atom stereocenters. The topological polar surface area (TPSA) is 52.6 Å². The number of esters is 2. The first-order valence-corrected chi connectivity index (χ1v) is 6.52. The Balaban J connectivity index is 1.69. The summed E-state index contributed by atoms with van der Waals surface area (Å²) in [6.45, 7) is 0.126. The molecule has 0 saturated carbocycles. The minimum Gasteiger partial charge on any atom is -0.459 e. The summed E-state index contributed by atoms with van der Waals surface area (Å²) in [6.07, 6.45) is 7.14. The van der Waals surface area contributed by atoms with E-state index in [9.17, 15) is 9.59 Å². The van der Waals surface area contributed by atoms with Crippen LogP contribution in [-0.2, 0) is 14.3 Å². The van der Waals surface area contributed by atoms with Gasteiger partial charge >= 0.3 is 11.9 Å². The number of benzene rings is 1. The quantitative estimate of drug-likeness (QED) is 0.611. The molecule has 1 aliphatic rings. The van der Waals surface area contributed by atoms with Crippen LogP contribution in [0.1, 0.15) is 23.2 Å². The highest BCUT2D eigenvalue weighted by atomic mass is 16.6. The number of allylic oxidation sites excluding steroid dienone is 3. The molecule has 0 amide bonds. The van der Waals surface area contributed by atoms with Crippen LogP contribution in [0.5, 0.6) is 0 Å². The Morgan fingerprint density at radius 1 is 1.00 bits per heavy atom. The molecule has 0 N–H and O–H groups in total. The van der Waals surface area contributed by atoms with E-state index >= 15 is 0 Å². The van der Waals surface area contributed by atoms with E-state index < -0.39 is 5.97 Å². The van der Waals surface area contributed by atoms with Gasteiger partial charge in [0.05, 0.1) is 5.56 Å². The molecule has 4 nitrogen and oxygen atoms in total. The van der Waals surface area contributed by atoms with Gasteiger partial charge in [0.15, 0.2) is 0 Å². The molecule has 0 saturated heterocycles. The van der Waals surface area contributed by atoms with E-state index in [-0.39, 0.29) is 19.2 Å². The van der Waals surface area contributed by atoms with Crippen LogP contribution in [0.15, 0.2) is 54.1 Å². The molecular formula is C16H16O4. The maximum absolute atomic E-state index is 11.6. The van der Waals surface area contributed by atoms with Crippen molar-refractivity contribution in [3.05, 3.63) is 59.7 Å². The molecule has 0 aromatic heterocycles. The average Bonchev–Trinajstić information content (AvgIpc) is 2.53. The van der Waals surface area contributed by atoms with Crippen LogP contribution >= 0.6 is 0 Å². The molecule has 0 aliphatic heterocycles. The van der Waals surface area contributed by atoms with Crippen LogP contribution in [0.2, 0.25) is 0 Å². The molecule has 0 fully saturated rings. The minimum atomic E-state index is -0.415. The van der Waals surface area contributed by atoms with Gasteiger partial charge in [-0.2, -0.15) is 0 Å². The molecule has 4 heteroatoms. The summed E-state index contributed by atoms with van der Waals surface area (Å²) in [7, 11) is 0. The lowest BCUT2D eigenvalue weighted by Gasteiger charge is -2.09. The first-order chi connectivity index (χ1) is 9.77. The van der Waals surface area contributed by atoms with Crippen molar-refractivity contribution in [3.63, 3.8) is 0 Å². The van der Waals surface area contributed by atoms with Gasteiger partial charge in [-0.3, -0.25) is 0 Å². The Morgan fingerprint density at radius 3 is 2.35 bits per heavy atom. The van der Waals surface area contributed by atoms with Gasteiger partial charge in [0.2, 0.25) is 0 Å². The lowest BCUT2D eigenvalue weighted by Crippen LogP contribution is -2.15. The molecule has 0 heterocycles. The monoisotopic (exact) mass is 272 g/mol. The van der Waals surface area contributed by atoms with Gasteiger partial charge in [-0.05, 0) is 25.0 Å². The normalized spacial score (nSPS) is 13.5. The summed E-state index contributed by atoms with van der Waals surface area (Å²) in [4.78, 5) is 23.3. The van der Waals surface area contributed by atoms with Crippen molar-refractivity contribution in [1.82, 2.24) is 0 Å². The van der Waals surface area contributed by atoms with Gasteiger partial charge < -0.3 is 9.47 Å². The standard InChI is InChI=1S/C16H16O4/c17-15(13-7-3-1-4-8-13)19-11-12-20-16(18)14-9-5-2-6-10-14/h1-5,7-9H,6,10-12H2. The van der Waals surface area contributed by atoms with Gasteiger partial charge in [0.1, 0.15) is 13.2 Å². The maximum Gasteiger partial charge on any atom is 0.338 e.